The molecule has 106 valence electrons. The second kappa shape index (κ2) is 6.88. The minimum atomic E-state index is -0.0656. The van der Waals surface area contributed by atoms with Crippen LogP contribution in [0.1, 0.15) is 12.0 Å². The van der Waals surface area contributed by atoms with Gasteiger partial charge in [-0.2, -0.15) is 0 Å². The largest absolute Gasteiger partial charge is 0.508 e. The van der Waals surface area contributed by atoms with E-state index in [1.165, 1.54) is 11.8 Å². The highest BCUT2D eigenvalue weighted by Crippen LogP contribution is 2.32. The summed E-state index contributed by atoms with van der Waals surface area (Å²) in [6.07, 6.45) is 2.55. The number of methoxy groups -OCH3 is 1. The summed E-state index contributed by atoms with van der Waals surface area (Å²) < 4.78 is 5.56. The lowest BCUT2D eigenvalue weighted by molar-refractivity contribution is -0.122. The number of nitrogens with zero attached hydrogens (tertiary/aromatic N) is 1. The summed E-state index contributed by atoms with van der Waals surface area (Å²) in [6, 6.07) is 6.69. The maximum absolute atomic E-state index is 12.2. The number of benzene rings is 1. The summed E-state index contributed by atoms with van der Waals surface area (Å²) in [4.78, 5) is 14.5. The first-order chi connectivity index (χ1) is 9.61. The van der Waals surface area contributed by atoms with Gasteiger partial charge in [0.05, 0.1) is 4.91 Å². The van der Waals surface area contributed by atoms with Gasteiger partial charge in [0.25, 0.3) is 5.91 Å². The average molecular weight is 309 g/mol. The molecule has 6 heteroatoms. The van der Waals surface area contributed by atoms with Gasteiger partial charge in [-0.15, -0.1) is 0 Å². The smallest absolute Gasteiger partial charge is 0.266 e. The normalized spacial score (nSPS) is 17.2. The molecule has 1 saturated heterocycles. The van der Waals surface area contributed by atoms with Crippen LogP contribution in [0.2, 0.25) is 0 Å². The van der Waals surface area contributed by atoms with Crippen molar-refractivity contribution < 1.29 is 14.6 Å². The molecule has 1 N–H and O–H groups in total. The third-order valence-electron chi connectivity index (χ3n) is 2.79. The SMILES string of the molecule is COCCCN1C(=O)C(=Cc2ccc(O)cc2)SC1=S. The molecule has 0 bridgehead atoms. The molecule has 0 unspecified atom stereocenters. The topological polar surface area (TPSA) is 49.8 Å². The number of ether oxygens (including phenoxy) is 1. The van der Waals surface area contributed by atoms with Crippen molar-refractivity contribution in [1.29, 1.82) is 0 Å². The quantitative estimate of drug-likeness (QED) is 0.515. The highest BCUT2D eigenvalue weighted by molar-refractivity contribution is 8.26. The lowest BCUT2D eigenvalue weighted by atomic mass is 10.2. The molecule has 20 heavy (non-hydrogen) atoms. The van der Waals surface area contributed by atoms with Crippen molar-refractivity contribution >= 4 is 40.3 Å². The number of amides is 1. The van der Waals surface area contributed by atoms with Crippen LogP contribution in [0.15, 0.2) is 29.2 Å². The number of hydrogen-bond donors (Lipinski definition) is 1. The molecule has 1 aliphatic rings. The Morgan fingerprint density at radius 3 is 2.75 bits per heavy atom. The van der Waals surface area contributed by atoms with E-state index < -0.39 is 0 Å². The summed E-state index contributed by atoms with van der Waals surface area (Å²) in [7, 11) is 1.63. The van der Waals surface area contributed by atoms with Crippen molar-refractivity contribution in [2.24, 2.45) is 0 Å². The molecular weight excluding hydrogens is 294 g/mol. The van der Waals surface area contributed by atoms with Crippen LogP contribution < -0.4 is 0 Å². The molecule has 2 rings (SSSR count). The Hall–Kier alpha value is -1.37. The number of rotatable bonds is 5. The van der Waals surface area contributed by atoms with Crippen LogP contribution in [-0.2, 0) is 9.53 Å². The number of phenolic OH excluding ortho intramolecular Hbond substituents is 1. The van der Waals surface area contributed by atoms with Crippen LogP contribution in [-0.4, -0.2) is 40.5 Å². The Labute approximate surface area is 127 Å². The minimum Gasteiger partial charge on any atom is -0.508 e. The van der Waals surface area contributed by atoms with E-state index in [1.807, 2.05) is 0 Å². The van der Waals surface area contributed by atoms with E-state index >= 15 is 0 Å². The molecule has 0 radical (unpaired) electrons. The zero-order valence-electron chi connectivity index (χ0n) is 11.0. The van der Waals surface area contributed by atoms with Crippen LogP contribution in [0, 0.1) is 0 Å². The van der Waals surface area contributed by atoms with Crippen LogP contribution in [0.5, 0.6) is 5.75 Å². The van der Waals surface area contributed by atoms with Crippen molar-refractivity contribution in [3.63, 3.8) is 0 Å². The fourth-order valence-corrected chi connectivity index (χ4v) is 3.09. The zero-order chi connectivity index (χ0) is 14.5. The Kier molecular flexibility index (Phi) is 5.17. The second-order valence-corrected chi connectivity index (χ2v) is 5.95. The first-order valence-electron chi connectivity index (χ1n) is 6.15. The van der Waals surface area contributed by atoms with Gasteiger partial charge in [0, 0.05) is 20.3 Å². The Morgan fingerprint density at radius 2 is 2.10 bits per heavy atom. The Morgan fingerprint density at radius 1 is 1.40 bits per heavy atom. The van der Waals surface area contributed by atoms with Gasteiger partial charge in [0.1, 0.15) is 10.1 Å². The first-order valence-corrected chi connectivity index (χ1v) is 7.37. The molecule has 1 fully saturated rings. The number of thioether (sulfide) groups is 1. The molecule has 0 atom stereocenters. The van der Waals surface area contributed by atoms with E-state index in [9.17, 15) is 9.90 Å². The van der Waals surface area contributed by atoms with Gasteiger partial charge in [-0.3, -0.25) is 9.69 Å². The summed E-state index contributed by atoms with van der Waals surface area (Å²) in [6.45, 7) is 1.18. The minimum absolute atomic E-state index is 0.0656. The number of phenols is 1. The van der Waals surface area contributed by atoms with Gasteiger partial charge in [-0.05, 0) is 30.2 Å². The van der Waals surface area contributed by atoms with Crippen LogP contribution >= 0.6 is 24.0 Å². The third kappa shape index (κ3) is 3.59. The predicted octanol–water partition coefficient (Wildman–Crippen LogP) is 2.63. The van der Waals surface area contributed by atoms with Crippen molar-refractivity contribution in [3.05, 3.63) is 34.7 Å². The highest BCUT2D eigenvalue weighted by Gasteiger charge is 2.31. The van der Waals surface area contributed by atoms with Crippen molar-refractivity contribution in [3.8, 4) is 5.75 Å². The van der Waals surface area contributed by atoms with Crippen molar-refractivity contribution in [1.82, 2.24) is 4.90 Å². The third-order valence-corrected chi connectivity index (χ3v) is 4.17. The van der Waals surface area contributed by atoms with E-state index in [0.717, 1.165) is 12.0 Å². The number of carbonyl (C=O) groups excluding carboxylic acids is 1. The Bertz CT molecular complexity index is 540. The van der Waals surface area contributed by atoms with E-state index in [2.05, 4.69) is 0 Å². The van der Waals surface area contributed by atoms with Crippen molar-refractivity contribution in [2.45, 2.75) is 6.42 Å². The number of thiocarbonyl (C=S) groups is 1. The number of hydrogen-bond acceptors (Lipinski definition) is 5. The molecule has 1 amide bonds. The van der Waals surface area contributed by atoms with E-state index in [4.69, 9.17) is 17.0 Å². The average Bonchev–Trinajstić information content (AvgIpc) is 2.69. The first kappa shape index (κ1) is 15.0. The maximum atomic E-state index is 12.2. The molecule has 1 aliphatic heterocycles. The van der Waals surface area contributed by atoms with Gasteiger partial charge >= 0.3 is 0 Å². The van der Waals surface area contributed by atoms with Gasteiger partial charge in [-0.1, -0.05) is 36.1 Å². The predicted molar refractivity (Wildman–Crippen MR) is 84.5 cm³/mol. The fraction of sp³-hybridized carbons (Fsp3) is 0.286. The zero-order valence-corrected chi connectivity index (χ0v) is 12.7. The molecule has 4 nitrogen and oxygen atoms in total. The number of carbonyl (C=O) groups is 1. The van der Waals surface area contributed by atoms with Crippen LogP contribution in [0.3, 0.4) is 0 Å². The molecule has 1 heterocycles. The molecule has 0 spiro atoms. The molecule has 1 aromatic rings. The maximum Gasteiger partial charge on any atom is 0.266 e. The molecule has 1 aromatic carbocycles. The summed E-state index contributed by atoms with van der Waals surface area (Å²) in [5, 5.41) is 9.24. The summed E-state index contributed by atoms with van der Waals surface area (Å²) in [5.41, 5.74) is 0.861. The van der Waals surface area contributed by atoms with E-state index in [-0.39, 0.29) is 11.7 Å². The van der Waals surface area contributed by atoms with Crippen LogP contribution in [0.25, 0.3) is 6.08 Å². The lowest BCUT2D eigenvalue weighted by Crippen LogP contribution is -2.29. The molecule has 0 saturated carbocycles. The lowest BCUT2D eigenvalue weighted by Gasteiger charge is -2.13. The van der Waals surface area contributed by atoms with Gasteiger partial charge in [0.2, 0.25) is 0 Å². The van der Waals surface area contributed by atoms with Gasteiger partial charge < -0.3 is 9.84 Å². The molecule has 0 aliphatic carbocycles. The van der Waals surface area contributed by atoms with Crippen molar-refractivity contribution in [2.75, 3.05) is 20.3 Å². The molecular formula is C14H15NO3S2. The summed E-state index contributed by atoms with van der Waals surface area (Å²) in [5.74, 6) is 0.137. The standard InChI is InChI=1S/C14H15NO3S2/c1-18-8-2-7-15-13(17)12(20-14(15)19)9-10-3-5-11(16)6-4-10/h3-6,9,16H,2,7-8H2,1H3. The van der Waals surface area contributed by atoms with Gasteiger partial charge in [-0.25, -0.2) is 0 Å². The van der Waals surface area contributed by atoms with E-state index in [0.29, 0.717) is 22.4 Å². The van der Waals surface area contributed by atoms with Crippen LogP contribution in [0.4, 0.5) is 0 Å². The fourth-order valence-electron chi connectivity index (χ4n) is 1.78. The molecule has 0 aromatic heterocycles. The highest BCUT2D eigenvalue weighted by atomic mass is 32.2. The monoisotopic (exact) mass is 309 g/mol. The number of aromatic hydroxyl groups is 1. The van der Waals surface area contributed by atoms with E-state index in [1.54, 1.807) is 42.4 Å². The van der Waals surface area contributed by atoms with Gasteiger partial charge in [0.15, 0.2) is 0 Å². The summed E-state index contributed by atoms with van der Waals surface area (Å²) >= 11 is 6.53. The second-order valence-electron chi connectivity index (χ2n) is 4.27. The Balaban J connectivity index is 2.09.